The van der Waals surface area contributed by atoms with Crippen LogP contribution in [0.1, 0.15) is 45.4 Å². The number of phosphoric ester groups is 1. The molecule has 2 rings (SSSR count). The fraction of sp³-hybridized carbons (Fsp3) is 0.611. The van der Waals surface area contributed by atoms with E-state index in [0.29, 0.717) is 0 Å². The molecular weight excluding hydrogens is 607 g/mol. The van der Waals surface area contributed by atoms with Crippen molar-refractivity contribution in [3.05, 3.63) is 32.6 Å². The molecule has 2 heterocycles. The number of aromatic amines is 1. The van der Waals surface area contributed by atoms with Crippen LogP contribution < -0.4 is 31.2 Å². The highest BCUT2D eigenvalue weighted by Crippen LogP contribution is 2.61. The van der Waals surface area contributed by atoms with Gasteiger partial charge in [-0.15, -0.1) is 0 Å². The first kappa shape index (κ1) is 38.0. The zero-order valence-electron chi connectivity index (χ0n) is 21.6. The quantitative estimate of drug-likeness (QED) is 0.133. The van der Waals surface area contributed by atoms with Crippen LogP contribution in [0.25, 0.3) is 0 Å². The number of phosphoric acid groups is 3. The number of nitrogens with one attached hydrogen (secondary N) is 2. The first-order valence-corrected chi connectivity index (χ1v) is 15.6. The summed E-state index contributed by atoms with van der Waals surface area (Å²) in [6.07, 6.45) is -2.99. The molecule has 0 spiro atoms. The van der Waals surface area contributed by atoms with Crippen LogP contribution in [0.3, 0.4) is 0 Å². The monoisotopic (exact) mass is 636 g/mol. The molecule has 1 aliphatic heterocycles. The number of carbonyl (C=O) groups is 1. The van der Waals surface area contributed by atoms with Crippen LogP contribution in [0, 0.1) is 11.8 Å². The summed E-state index contributed by atoms with van der Waals surface area (Å²) in [4.78, 5) is 76.9. The third-order valence-corrected chi connectivity index (χ3v) is 7.76. The van der Waals surface area contributed by atoms with Crippen molar-refractivity contribution in [2.45, 2.75) is 52.0 Å². The van der Waals surface area contributed by atoms with Crippen molar-refractivity contribution >= 4 is 29.4 Å². The maximum atomic E-state index is 12.1. The number of H-pyrrole nitrogens is 1. The van der Waals surface area contributed by atoms with Gasteiger partial charge in [0, 0.05) is 19.0 Å². The predicted molar refractivity (Wildman–Crippen MR) is 129 cm³/mol. The molecule has 0 radical (unpaired) electrons. The second-order valence-corrected chi connectivity index (χ2v) is 11.3. The Balaban J connectivity index is 0.00000195. The fourth-order valence-corrected chi connectivity index (χ4v) is 5.40. The summed E-state index contributed by atoms with van der Waals surface area (Å²) in [6.45, 7) is 4.84. The van der Waals surface area contributed by atoms with E-state index in [1.807, 2.05) is 18.8 Å². The average Bonchev–Trinajstić information content (AvgIpc) is 3.18. The molecule has 5 N–H and O–H groups in total. The lowest BCUT2D eigenvalue weighted by Crippen LogP contribution is -2.34. The standard InChI is InChI=1S/C13H20N3O14P3.C3H6O2.C2H6/c1-14-4-2-3-8-6-16(13(19)15-12(8)18)11-5-9(17)10(28-11)7-27-32(23,24)30-33(25,26)29-31(20,21)22;1-2-3(4)5;1-2/h6,9-11,14,17H,4-5,7H2,1H3,(H,23,24)(H,25,26)(H,15,18,19)(H2,20,21,22);2H2,1H3,(H,4,5);1-2H3/p-3/t9?,10-,11-;;/m1../s1. The van der Waals surface area contributed by atoms with Gasteiger partial charge in [-0.1, -0.05) is 32.6 Å². The number of aliphatic carboxylic acids is 1. The Morgan fingerprint density at radius 2 is 1.80 bits per heavy atom. The van der Waals surface area contributed by atoms with Gasteiger partial charge in [-0.3, -0.25) is 32.8 Å². The highest BCUT2D eigenvalue weighted by molar-refractivity contribution is 7.65. The number of nitrogens with zero attached hydrogens (tertiary/aromatic N) is 1. The Labute approximate surface area is 227 Å². The second-order valence-electron chi connectivity index (χ2n) is 7.04. The number of carboxylic acids is 1. The van der Waals surface area contributed by atoms with Crippen molar-refractivity contribution in [1.82, 2.24) is 14.9 Å². The van der Waals surface area contributed by atoms with Crippen LogP contribution in [-0.2, 0) is 36.4 Å². The highest BCUT2D eigenvalue weighted by Gasteiger charge is 2.37. The number of aliphatic hydroxyl groups excluding tert-OH is 1. The van der Waals surface area contributed by atoms with Gasteiger partial charge in [-0.2, -0.15) is 0 Å². The minimum Gasteiger partial charge on any atom is -0.756 e. The minimum absolute atomic E-state index is 0.0918. The lowest BCUT2D eigenvalue weighted by Gasteiger charge is -2.33. The Bertz CT molecular complexity index is 1300. The minimum atomic E-state index is -6.08. The molecule has 0 aromatic carbocycles. The number of hydrogen-bond acceptors (Lipinski definition) is 15. The number of hydrogen-bond donors (Lipinski definition) is 5. The van der Waals surface area contributed by atoms with E-state index in [-0.39, 0.29) is 24.9 Å². The summed E-state index contributed by atoms with van der Waals surface area (Å²) >= 11 is 0. The van der Waals surface area contributed by atoms with Crippen LogP contribution in [0.15, 0.2) is 15.8 Å². The van der Waals surface area contributed by atoms with E-state index in [4.69, 9.17) is 14.7 Å². The molecule has 1 aromatic heterocycles. The van der Waals surface area contributed by atoms with Crippen molar-refractivity contribution in [3.63, 3.8) is 0 Å². The van der Waals surface area contributed by atoms with Crippen LogP contribution in [0.5, 0.6) is 0 Å². The summed E-state index contributed by atoms with van der Waals surface area (Å²) < 4.78 is 50.3. The molecule has 230 valence electrons. The summed E-state index contributed by atoms with van der Waals surface area (Å²) in [7, 11) is -16.1. The first-order valence-electron chi connectivity index (χ1n) is 11.2. The Kier molecular flexibility index (Phi) is 16.2. The molecule has 4 unspecified atom stereocenters. The van der Waals surface area contributed by atoms with Gasteiger partial charge in [0.15, 0.2) is 0 Å². The van der Waals surface area contributed by atoms with E-state index in [9.17, 15) is 47.9 Å². The summed E-state index contributed by atoms with van der Waals surface area (Å²) in [5, 5.41) is 20.5. The average molecular weight is 636 g/mol. The summed E-state index contributed by atoms with van der Waals surface area (Å²) in [5.41, 5.74) is -1.77. The predicted octanol–water partition coefficient (Wildman–Crippen LogP) is -2.29. The van der Waals surface area contributed by atoms with Gasteiger partial charge in [0.2, 0.25) is 0 Å². The van der Waals surface area contributed by atoms with Crippen LogP contribution in [0.2, 0.25) is 0 Å². The number of ether oxygens (including phenoxy) is 1. The van der Waals surface area contributed by atoms with E-state index < -0.39 is 65.7 Å². The smallest absolute Gasteiger partial charge is 0.330 e. The van der Waals surface area contributed by atoms with Crippen LogP contribution in [0.4, 0.5) is 0 Å². The molecule has 0 saturated carbocycles. The molecule has 19 nitrogen and oxygen atoms in total. The van der Waals surface area contributed by atoms with Gasteiger partial charge in [-0.25, -0.2) is 13.4 Å². The molecule has 0 bridgehead atoms. The lowest BCUT2D eigenvalue weighted by molar-refractivity contribution is -0.250. The van der Waals surface area contributed by atoms with Gasteiger partial charge in [-0.05, 0) is 7.05 Å². The van der Waals surface area contributed by atoms with Gasteiger partial charge >= 0.3 is 11.7 Å². The molecule has 0 amide bonds. The molecule has 40 heavy (non-hydrogen) atoms. The molecular formula is C18H29N3O16P3-3. The molecule has 1 fully saturated rings. The third-order valence-electron chi connectivity index (χ3n) is 4.07. The van der Waals surface area contributed by atoms with Crippen molar-refractivity contribution in [2.24, 2.45) is 0 Å². The van der Waals surface area contributed by atoms with E-state index in [1.54, 1.807) is 14.0 Å². The Hall–Kier alpha value is -2.00. The number of rotatable bonds is 10. The summed E-state index contributed by atoms with van der Waals surface area (Å²) in [5.74, 6) is 4.40. The van der Waals surface area contributed by atoms with Crippen LogP contribution in [-0.4, -0.2) is 63.0 Å². The Morgan fingerprint density at radius 1 is 1.23 bits per heavy atom. The van der Waals surface area contributed by atoms with E-state index in [0.717, 1.165) is 10.8 Å². The number of aromatic nitrogens is 2. The SMILES string of the molecule is CC.CCC(=O)O.CNCC#Cc1cn([C@H]2CC(O)[C@@H](COP(=O)([O-])OP(=O)([O-])OP(=O)([O-])O)O2)c(=O)[nH]c1=O. The van der Waals surface area contributed by atoms with Crippen molar-refractivity contribution in [3.8, 4) is 11.8 Å². The molecule has 1 aromatic rings. The molecule has 6 atom stereocenters. The summed E-state index contributed by atoms with van der Waals surface area (Å²) in [6, 6.07) is 0. The van der Waals surface area contributed by atoms with Crippen molar-refractivity contribution in [1.29, 1.82) is 0 Å². The second kappa shape index (κ2) is 17.1. The zero-order chi connectivity index (χ0) is 31.3. The van der Waals surface area contributed by atoms with E-state index in [1.165, 1.54) is 0 Å². The Morgan fingerprint density at radius 3 is 2.30 bits per heavy atom. The molecule has 1 saturated heterocycles. The number of carboxylic acid groups (broad SMARTS) is 1. The number of aliphatic hydroxyl groups is 1. The first-order chi connectivity index (χ1) is 18.4. The maximum absolute atomic E-state index is 12.1. The van der Waals surface area contributed by atoms with Gasteiger partial charge < -0.3 is 44.4 Å². The highest BCUT2D eigenvalue weighted by atomic mass is 31.3. The van der Waals surface area contributed by atoms with E-state index in [2.05, 4.69) is 30.3 Å². The topological polar surface area (TPSA) is 302 Å². The molecule has 22 heteroatoms. The van der Waals surface area contributed by atoms with Crippen LogP contribution >= 0.6 is 23.5 Å². The van der Waals surface area contributed by atoms with Gasteiger partial charge in [0.05, 0.1) is 19.3 Å². The molecule has 1 aliphatic rings. The zero-order valence-corrected chi connectivity index (χ0v) is 24.3. The molecule has 0 aliphatic carbocycles. The normalized spacial score (nSPS) is 22.5. The largest absolute Gasteiger partial charge is 0.756 e. The van der Waals surface area contributed by atoms with Crippen molar-refractivity contribution < 1.29 is 66.2 Å². The lowest BCUT2D eigenvalue weighted by atomic mass is 10.2. The van der Waals surface area contributed by atoms with Gasteiger partial charge in [0.1, 0.15) is 17.9 Å². The fourth-order valence-electron chi connectivity index (χ4n) is 2.50. The third kappa shape index (κ3) is 14.6. The van der Waals surface area contributed by atoms with Gasteiger partial charge in [0.25, 0.3) is 29.0 Å². The van der Waals surface area contributed by atoms with E-state index >= 15 is 0 Å². The maximum Gasteiger partial charge on any atom is 0.330 e. The van der Waals surface area contributed by atoms with Crippen molar-refractivity contribution in [2.75, 3.05) is 20.2 Å².